The number of nitrogens with one attached hydrogen (secondary N) is 3. The standard InChI is InChI=1S/C28H36N6O3S/c1-16(12-29-20-6-7-20)32-21-9-18(10-21)27(36)34-28-33-22-8-5-17(11-25(22)38-28)19-13-30-26(31-14-19)15-37-24-4-2-3-23(24)35/h5,8,11,13-14,16,18,20-21,23-24,29,32,35H,2-4,6-7,9-10,12,15H2,1H3,(H,33,34,36)/t16-,18?,21?,23-,24-/m0/s1. The van der Waals surface area contributed by atoms with Gasteiger partial charge in [-0.25, -0.2) is 15.0 Å². The Kier molecular flexibility index (Phi) is 7.67. The molecular weight excluding hydrogens is 500 g/mol. The van der Waals surface area contributed by atoms with Crippen LogP contribution in [0, 0.1) is 5.92 Å². The van der Waals surface area contributed by atoms with Crippen molar-refractivity contribution in [3.05, 3.63) is 36.4 Å². The predicted octanol–water partition coefficient (Wildman–Crippen LogP) is 3.63. The van der Waals surface area contributed by atoms with E-state index in [4.69, 9.17) is 4.74 Å². The fourth-order valence-electron chi connectivity index (χ4n) is 5.29. The highest BCUT2D eigenvalue weighted by atomic mass is 32.1. The fraction of sp³-hybridized carbons (Fsp3) is 0.571. The van der Waals surface area contributed by atoms with Crippen LogP contribution in [0.2, 0.25) is 0 Å². The van der Waals surface area contributed by atoms with Crippen LogP contribution in [0.4, 0.5) is 5.13 Å². The number of aliphatic hydroxyl groups excluding tert-OH is 1. The van der Waals surface area contributed by atoms with Crippen LogP contribution in [0.5, 0.6) is 0 Å². The number of benzene rings is 1. The molecule has 2 heterocycles. The van der Waals surface area contributed by atoms with E-state index in [-0.39, 0.29) is 24.0 Å². The van der Waals surface area contributed by atoms with Crippen LogP contribution in [0.3, 0.4) is 0 Å². The second-order valence-electron chi connectivity index (χ2n) is 11.0. The first-order valence-corrected chi connectivity index (χ1v) is 14.6. The Labute approximate surface area is 226 Å². The largest absolute Gasteiger partial charge is 0.390 e. The van der Waals surface area contributed by atoms with Crippen LogP contribution in [0.1, 0.15) is 57.7 Å². The second-order valence-corrected chi connectivity index (χ2v) is 12.1. The highest BCUT2D eigenvalue weighted by Crippen LogP contribution is 2.33. The summed E-state index contributed by atoms with van der Waals surface area (Å²) < 4.78 is 6.79. The fourth-order valence-corrected chi connectivity index (χ4v) is 6.19. The van der Waals surface area contributed by atoms with Gasteiger partial charge in [0.2, 0.25) is 5.91 Å². The molecule has 0 unspecified atom stereocenters. The summed E-state index contributed by atoms with van der Waals surface area (Å²) >= 11 is 1.49. The van der Waals surface area contributed by atoms with E-state index in [0.717, 1.165) is 66.0 Å². The molecule has 0 aliphatic heterocycles. The van der Waals surface area contributed by atoms with Gasteiger partial charge >= 0.3 is 0 Å². The lowest BCUT2D eigenvalue weighted by Crippen LogP contribution is -2.51. The number of aliphatic hydroxyl groups is 1. The van der Waals surface area contributed by atoms with E-state index in [1.54, 1.807) is 12.4 Å². The molecule has 10 heteroatoms. The third-order valence-electron chi connectivity index (χ3n) is 7.82. The van der Waals surface area contributed by atoms with E-state index >= 15 is 0 Å². The maximum atomic E-state index is 12.8. The van der Waals surface area contributed by atoms with Crippen LogP contribution in [-0.4, -0.2) is 62.8 Å². The zero-order valence-electron chi connectivity index (χ0n) is 21.7. The molecule has 0 saturated heterocycles. The van der Waals surface area contributed by atoms with Gasteiger partial charge in [0.05, 0.1) is 22.4 Å². The number of ether oxygens (including phenoxy) is 1. The van der Waals surface area contributed by atoms with Crippen molar-refractivity contribution in [2.75, 3.05) is 11.9 Å². The highest BCUT2D eigenvalue weighted by molar-refractivity contribution is 7.22. The van der Waals surface area contributed by atoms with Crippen molar-refractivity contribution in [3.8, 4) is 11.1 Å². The molecule has 0 bridgehead atoms. The number of carbonyl (C=O) groups excluding carboxylic acids is 1. The molecule has 6 rings (SSSR count). The molecule has 9 nitrogen and oxygen atoms in total. The summed E-state index contributed by atoms with van der Waals surface area (Å²) in [5, 5.41) is 20.8. The van der Waals surface area contributed by atoms with E-state index < -0.39 is 0 Å². The number of thiazole rings is 1. The molecule has 2 aromatic heterocycles. The number of fused-ring (bicyclic) bond motifs is 1. The van der Waals surface area contributed by atoms with Gasteiger partial charge < -0.3 is 25.8 Å². The molecule has 0 radical (unpaired) electrons. The molecule has 202 valence electrons. The first kappa shape index (κ1) is 25.8. The van der Waals surface area contributed by atoms with Crippen molar-refractivity contribution in [2.24, 2.45) is 5.92 Å². The molecule has 1 amide bonds. The second kappa shape index (κ2) is 11.3. The van der Waals surface area contributed by atoms with Gasteiger partial charge in [-0.15, -0.1) is 0 Å². The first-order valence-electron chi connectivity index (χ1n) is 13.8. The number of nitrogens with zero attached hydrogens (tertiary/aromatic N) is 3. The molecule has 3 atom stereocenters. The van der Waals surface area contributed by atoms with Gasteiger partial charge in [0.15, 0.2) is 11.0 Å². The molecular formula is C28H36N6O3S. The number of hydrogen-bond acceptors (Lipinski definition) is 9. The predicted molar refractivity (Wildman–Crippen MR) is 148 cm³/mol. The Morgan fingerprint density at radius 3 is 2.68 bits per heavy atom. The van der Waals surface area contributed by atoms with Crippen molar-refractivity contribution in [1.82, 2.24) is 25.6 Å². The Morgan fingerprint density at radius 2 is 1.95 bits per heavy atom. The lowest BCUT2D eigenvalue weighted by molar-refractivity contribution is -0.123. The number of carbonyl (C=O) groups is 1. The summed E-state index contributed by atoms with van der Waals surface area (Å²) in [6.45, 7) is 3.49. The summed E-state index contributed by atoms with van der Waals surface area (Å²) in [5.41, 5.74) is 2.77. The van der Waals surface area contributed by atoms with E-state index in [1.807, 2.05) is 12.1 Å². The Balaban J connectivity index is 1.00. The van der Waals surface area contributed by atoms with Crippen molar-refractivity contribution in [2.45, 2.75) is 88.8 Å². The maximum absolute atomic E-state index is 12.8. The number of rotatable bonds is 11. The molecule has 3 saturated carbocycles. The minimum Gasteiger partial charge on any atom is -0.390 e. The van der Waals surface area contributed by atoms with Gasteiger partial charge in [-0.3, -0.25) is 4.79 Å². The first-order chi connectivity index (χ1) is 18.5. The topological polar surface area (TPSA) is 121 Å². The lowest BCUT2D eigenvalue weighted by Gasteiger charge is -2.36. The van der Waals surface area contributed by atoms with Crippen molar-refractivity contribution in [1.29, 1.82) is 0 Å². The van der Waals surface area contributed by atoms with Crippen molar-refractivity contribution < 1.29 is 14.6 Å². The Hall–Kier alpha value is -2.50. The molecule has 3 aliphatic carbocycles. The minimum atomic E-state index is -0.384. The van der Waals surface area contributed by atoms with E-state index in [2.05, 4.69) is 43.9 Å². The Bertz CT molecular complexity index is 1260. The molecule has 0 spiro atoms. The SMILES string of the molecule is C[C@@H](CNC1CC1)NC1CC(C(=O)Nc2nc3ccc(-c4cnc(CO[C@H]5CCC[C@@H]5O)nc4)cc3s2)C1. The van der Waals surface area contributed by atoms with Gasteiger partial charge in [0.1, 0.15) is 6.61 Å². The summed E-state index contributed by atoms with van der Waals surface area (Å²) in [4.78, 5) is 26.3. The number of hydrogen-bond donors (Lipinski definition) is 4. The summed E-state index contributed by atoms with van der Waals surface area (Å²) in [6.07, 6.45) is 10.1. The summed E-state index contributed by atoms with van der Waals surface area (Å²) in [7, 11) is 0. The number of aromatic nitrogens is 3. The third-order valence-corrected chi connectivity index (χ3v) is 8.75. The molecule has 1 aromatic carbocycles. The van der Waals surface area contributed by atoms with Gasteiger partial charge in [0, 0.05) is 48.5 Å². The maximum Gasteiger partial charge on any atom is 0.229 e. The van der Waals surface area contributed by atoms with E-state index in [9.17, 15) is 9.90 Å². The molecule has 3 aliphatic rings. The van der Waals surface area contributed by atoms with Crippen LogP contribution in [0.25, 0.3) is 21.3 Å². The number of amides is 1. The zero-order valence-corrected chi connectivity index (χ0v) is 22.5. The number of anilines is 1. The van der Waals surface area contributed by atoms with Crippen molar-refractivity contribution >= 4 is 32.6 Å². The van der Waals surface area contributed by atoms with Gasteiger partial charge in [0.25, 0.3) is 0 Å². The molecule has 3 aromatic rings. The highest BCUT2D eigenvalue weighted by Gasteiger charge is 2.35. The average Bonchev–Trinajstić information content (AvgIpc) is 3.50. The Morgan fingerprint density at radius 1 is 1.13 bits per heavy atom. The van der Waals surface area contributed by atoms with Gasteiger partial charge in [-0.2, -0.15) is 0 Å². The van der Waals surface area contributed by atoms with Gasteiger partial charge in [-0.1, -0.05) is 17.4 Å². The summed E-state index contributed by atoms with van der Waals surface area (Å²) in [6, 6.07) is 7.58. The molecule has 38 heavy (non-hydrogen) atoms. The zero-order chi connectivity index (χ0) is 26.1. The third kappa shape index (κ3) is 6.21. The van der Waals surface area contributed by atoms with Crippen LogP contribution in [-0.2, 0) is 16.1 Å². The minimum absolute atomic E-state index is 0.0373. The average molecular weight is 537 g/mol. The monoisotopic (exact) mass is 536 g/mol. The van der Waals surface area contributed by atoms with Gasteiger partial charge in [-0.05, 0) is 69.6 Å². The van der Waals surface area contributed by atoms with E-state index in [0.29, 0.717) is 29.6 Å². The summed E-state index contributed by atoms with van der Waals surface area (Å²) in [5.74, 6) is 0.701. The smallest absolute Gasteiger partial charge is 0.229 e. The molecule has 4 N–H and O–H groups in total. The van der Waals surface area contributed by atoms with Crippen molar-refractivity contribution in [3.63, 3.8) is 0 Å². The molecule has 3 fully saturated rings. The lowest BCUT2D eigenvalue weighted by atomic mass is 9.79. The quantitative estimate of drug-likeness (QED) is 0.293. The van der Waals surface area contributed by atoms with E-state index in [1.165, 1.54) is 24.2 Å². The van der Waals surface area contributed by atoms with Crippen LogP contribution >= 0.6 is 11.3 Å². The van der Waals surface area contributed by atoms with Crippen LogP contribution < -0.4 is 16.0 Å². The van der Waals surface area contributed by atoms with Crippen LogP contribution in [0.15, 0.2) is 30.6 Å². The normalized spacial score (nSPS) is 25.8.